The summed E-state index contributed by atoms with van der Waals surface area (Å²) >= 11 is 3.53. The summed E-state index contributed by atoms with van der Waals surface area (Å²) in [5.41, 5.74) is -0.695. The van der Waals surface area contributed by atoms with Crippen LogP contribution in [0, 0.1) is 5.92 Å². The molecule has 1 aromatic rings. The van der Waals surface area contributed by atoms with Crippen LogP contribution in [0.4, 0.5) is 0 Å². The predicted octanol–water partition coefficient (Wildman–Crippen LogP) is 2.77. The molecule has 104 valence electrons. The summed E-state index contributed by atoms with van der Waals surface area (Å²) < 4.78 is 5.47. The number of esters is 1. The van der Waals surface area contributed by atoms with Gasteiger partial charge in [0, 0.05) is 0 Å². The molecule has 19 heavy (non-hydrogen) atoms. The van der Waals surface area contributed by atoms with Gasteiger partial charge < -0.3 is 0 Å². The molecule has 0 N–H and O–H groups in total. The molecule has 4 atom stereocenters. The van der Waals surface area contributed by atoms with Crippen LogP contribution in [0.1, 0.15) is 27.2 Å². The van der Waals surface area contributed by atoms with E-state index in [4.69, 9.17) is 4.74 Å². The van der Waals surface area contributed by atoms with Crippen molar-refractivity contribution in [2.75, 3.05) is 6.16 Å². The van der Waals surface area contributed by atoms with E-state index in [0.29, 0.717) is 11.6 Å². The van der Waals surface area contributed by atoms with Crippen LogP contribution in [0.2, 0.25) is 0 Å². The van der Waals surface area contributed by atoms with Crippen LogP contribution in [0.15, 0.2) is 30.3 Å². The molecule has 1 aromatic carbocycles. The molecule has 1 fully saturated rings. The van der Waals surface area contributed by atoms with E-state index in [1.165, 1.54) is 12.2 Å². The molecular weight excluding hydrogens is 322 g/mol. The Hall–Kier alpha value is -0.361. The molecule has 1 saturated heterocycles. The summed E-state index contributed by atoms with van der Waals surface area (Å²) in [5.74, 6) is 0.268. The van der Waals surface area contributed by atoms with Gasteiger partial charge >= 0.3 is 123 Å². The van der Waals surface area contributed by atoms with Gasteiger partial charge in [0.15, 0.2) is 0 Å². The van der Waals surface area contributed by atoms with E-state index in [0.717, 1.165) is 12.6 Å². The Labute approximate surface area is 123 Å². The minimum absolute atomic E-state index is 0.0812. The summed E-state index contributed by atoms with van der Waals surface area (Å²) in [6.45, 7) is 6.00. The summed E-state index contributed by atoms with van der Waals surface area (Å²) in [4.78, 5) is 11.2. The fraction of sp³-hybridized carbons (Fsp3) is 0.533. The molecule has 0 unspecified atom stereocenters. The van der Waals surface area contributed by atoms with Gasteiger partial charge in [0.2, 0.25) is 0 Å². The Kier molecular flexibility index (Phi) is 4.71. The van der Waals surface area contributed by atoms with Gasteiger partial charge in [-0.15, -0.1) is 0 Å². The summed E-state index contributed by atoms with van der Waals surface area (Å²) in [5, 5.41) is 1.45. The number of carbonyl (C=O) groups excluding carboxylic acids is 1. The second-order valence-electron chi connectivity index (χ2n) is 5.52. The standard InChI is InChI=1S/C15H21O2PSe/c1-11-10-18(19,14-7-5-4-6-8-14)12(2)9-15(11)17-13(3)16/h4-8,11-12,15H,9-10H2,1-3H3/t11-,12+,15+,18-/m0/s1. The Balaban J connectivity index is 2.23. The zero-order chi connectivity index (χ0) is 14.0. The quantitative estimate of drug-likeness (QED) is 0.469. The van der Waals surface area contributed by atoms with Gasteiger partial charge in [-0.1, -0.05) is 0 Å². The van der Waals surface area contributed by atoms with Crippen molar-refractivity contribution in [1.82, 2.24) is 0 Å². The van der Waals surface area contributed by atoms with Crippen molar-refractivity contribution in [3.63, 3.8) is 0 Å². The van der Waals surface area contributed by atoms with E-state index in [9.17, 15) is 4.79 Å². The molecule has 2 rings (SSSR count). The van der Waals surface area contributed by atoms with Crippen molar-refractivity contribution < 1.29 is 9.53 Å². The molecule has 1 aliphatic heterocycles. The van der Waals surface area contributed by atoms with Gasteiger partial charge in [-0.05, 0) is 0 Å². The molecule has 0 spiro atoms. The number of ether oxygens (including phenoxy) is 1. The third-order valence-corrected chi connectivity index (χ3v) is 12.4. The van der Waals surface area contributed by atoms with Crippen LogP contribution in [0.3, 0.4) is 0 Å². The van der Waals surface area contributed by atoms with E-state index in [2.05, 4.69) is 59.3 Å². The first kappa shape index (κ1) is 15.0. The van der Waals surface area contributed by atoms with Crippen LogP contribution < -0.4 is 5.30 Å². The van der Waals surface area contributed by atoms with Gasteiger partial charge in [-0.2, -0.15) is 0 Å². The fourth-order valence-corrected chi connectivity index (χ4v) is 9.07. The number of rotatable bonds is 2. The van der Waals surface area contributed by atoms with Gasteiger partial charge in [0.05, 0.1) is 0 Å². The van der Waals surface area contributed by atoms with Crippen molar-refractivity contribution in [3.05, 3.63) is 30.3 Å². The van der Waals surface area contributed by atoms with Crippen molar-refractivity contribution >= 4 is 31.9 Å². The van der Waals surface area contributed by atoms with E-state index < -0.39 is 5.51 Å². The van der Waals surface area contributed by atoms with Gasteiger partial charge in [-0.25, -0.2) is 0 Å². The average molecular weight is 343 g/mol. The normalized spacial score (nSPS) is 34.8. The molecule has 0 amide bonds. The maximum atomic E-state index is 11.2. The van der Waals surface area contributed by atoms with Crippen LogP contribution in [-0.2, 0) is 9.53 Å². The minimum atomic E-state index is -1.26. The van der Waals surface area contributed by atoms with Crippen molar-refractivity contribution in [1.29, 1.82) is 0 Å². The zero-order valence-electron chi connectivity index (χ0n) is 11.7. The Morgan fingerprint density at radius 1 is 1.32 bits per heavy atom. The number of hydrogen-bond acceptors (Lipinski definition) is 2. The second kappa shape index (κ2) is 5.95. The topological polar surface area (TPSA) is 26.3 Å². The molecule has 0 radical (unpaired) electrons. The van der Waals surface area contributed by atoms with Gasteiger partial charge in [0.25, 0.3) is 0 Å². The van der Waals surface area contributed by atoms with Crippen molar-refractivity contribution in [2.45, 2.75) is 39.0 Å². The van der Waals surface area contributed by atoms with Gasteiger partial charge in [-0.3, -0.25) is 0 Å². The molecular formula is C15H21O2PSe. The van der Waals surface area contributed by atoms with Crippen LogP contribution in [0.25, 0.3) is 0 Å². The summed E-state index contributed by atoms with van der Waals surface area (Å²) in [7, 11) is 0. The number of benzene rings is 1. The average Bonchev–Trinajstić information content (AvgIpc) is 2.36. The SMILES string of the molecule is CC(=O)O[C@@H]1C[C@@H](C)[P@](=[Se])(c2ccccc2)C[C@@H]1C. The molecule has 1 heterocycles. The summed E-state index contributed by atoms with van der Waals surface area (Å²) in [6.07, 6.45) is 2.17. The molecule has 0 aromatic heterocycles. The monoisotopic (exact) mass is 344 g/mol. The molecule has 0 aliphatic carbocycles. The Morgan fingerprint density at radius 2 is 1.95 bits per heavy atom. The van der Waals surface area contributed by atoms with Crippen LogP contribution in [0.5, 0.6) is 0 Å². The van der Waals surface area contributed by atoms with Crippen molar-refractivity contribution in [3.8, 4) is 0 Å². The Bertz CT molecular complexity index is 500. The van der Waals surface area contributed by atoms with E-state index >= 15 is 0 Å². The number of carbonyl (C=O) groups is 1. The Morgan fingerprint density at radius 3 is 2.53 bits per heavy atom. The summed E-state index contributed by atoms with van der Waals surface area (Å²) in [6, 6.07) is 10.8. The van der Waals surface area contributed by atoms with E-state index in [-0.39, 0.29) is 12.1 Å². The van der Waals surface area contributed by atoms with Crippen LogP contribution in [-0.4, -0.2) is 39.0 Å². The maximum absolute atomic E-state index is 11.2. The number of hydrogen-bond donors (Lipinski definition) is 0. The molecule has 2 nitrogen and oxygen atoms in total. The van der Waals surface area contributed by atoms with Gasteiger partial charge in [0.1, 0.15) is 0 Å². The van der Waals surface area contributed by atoms with E-state index in [1.807, 2.05) is 0 Å². The fourth-order valence-electron chi connectivity index (χ4n) is 2.88. The third-order valence-electron chi connectivity index (χ3n) is 3.99. The third kappa shape index (κ3) is 3.21. The second-order valence-corrected chi connectivity index (χ2v) is 13.0. The first-order chi connectivity index (χ1) is 8.93. The first-order valence-corrected chi connectivity index (χ1v) is 11.0. The molecule has 0 saturated carbocycles. The molecule has 1 aliphatic rings. The first-order valence-electron chi connectivity index (χ1n) is 6.75. The van der Waals surface area contributed by atoms with Crippen LogP contribution >= 0.6 is 5.51 Å². The molecule has 0 bridgehead atoms. The zero-order valence-corrected chi connectivity index (χ0v) is 14.3. The molecule has 4 heteroatoms. The van der Waals surface area contributed by atoms with E-state index in [1.54, 1.807) is 0 Å². The van der Waals surface area contributed by atoms with Crippen molar-refractivity contribution in [2.24, 2.45) is 5.92 Å². The predicted molar refractivity (Wildman–Crippen MR) is 82.4 cm³/mol.